The molecule has 0 saturated carbocycles. The monoisotopic (exact) mass is 339 g/mol. The minimum absolute atomic E-state index is 0.0104. The maximum Gasteiger partial charge on any atom is 0.157 e. The van der Waals surface area contributed by atoms with Gasteiger partial charge in [-0.15, -0.1) is 0 Å². The number of phenolic OH excluding ortho intramolecular Hbond substituents is 2. The Kier molecular flexibility index (Phi) is 5.64. The van der Waals surface area contributed by atoms with Crippen molar-refractivity contribution in [2.75, 3.05) is 13.1 Å². The van der Waals surface area contributed by atoms with E-state index in [0.29, 0.717) is 6.04 Å². The van der Waals surface area contributed by atoms with E-state index in [-0.39, 0.29) is 17.4 Å². The molecule has 0 aromatic heterocycles. The van der Waals surface area contributed by atoms with Crippen molar-refractivity contribution in [3.8, 4) is 11.5 Å². The lowest BCUT2D eigenvalue weighted by Gasteiger charge is -2.39. The summed E-state index contributed by atoms with van der Waals surface area (Å²) in [5.41, 5.74) is 3.61. The van der Waals surface area contributed by atoms with E-state index in [1.54, 1.807) is 12.1 Å². The smallest absolute Gasteiger partial charge is 0.157 e. The molecule has 2 N–H and O–H groups in total. The molecule has 2 atom stereocenters. The van der Waals surface area contributed by atoms with Gasteiger partial charge in [0, 0.05) is 12.0 Å². The van der Waals surface area contributed by atoms with E-state index in [1.165, 1.54) is 5.56 Å². The van der Waals surface area contributed by atoms with Gasteiger partial charge in [0.05, 0.1) is 0 Å². The molecule has 0 fully saturated rings. The standard InChI is InChI=1S/C22H29NO2/c1-3-10-23(11-4-2)18-12-17-13-21(24)22(25)15-20(17)19(14-18)16-8-6-5-7-9-16/h5-9,13,15,18-19,24-25H,3-4,10-12,14H2,1-2H3/t18-,19-/m0/s1. The Morgan fingerprint density at radius 1 is 0.960 bits per heavy atom. The molecule has 3 heteroatoms. The Balaban J connectivity index is 2.00. The summed E-state index contributed by atoms with van der Waals surface area (Å²) >= 11 is 0. The van der Waals surface area contributed by atoms with Crippen molar-refractivity contribution in [1.82, 2.24) is 4.90 Å². The molecule has 0 spiro atoms. The zero-order valence-corrected chi connectivity index (χ0v) is 15.3. The highest BCUT2D eigenvalue weighted by atomic mass is 16.3. The summed E-state index contributed by atoms with van der Waals surface area (Å²) in [4.78, 5) is 2.60. The third kappa shape index (κ3) is 3.82. The zero-order valence-electron chi connectivity index (χ0n) is 15.3. The molecule has 1 aliphatic rings. The minimum Gasteiger partial charge on any atom is -0.504 e. The number of hydrogen-bond acceptors (Lipinski definition) is 3. The van der Waals surface area contributed by atoms with Crippen LogP contribution in [-0.4, -0.2) is 34.2 Å². The summed E-state index contributed by atoms with van der Waals surface area (Å²) in [5.74, 6) is 0.235. The molecule has 3 rings (SSSR count). The van der Waals surface area contributed by atoms with Gasteiger partial charge in [0.2, 0.25) is 0 Å². The van der Waals surface area contributed by atoms with Gasteiger partial charge in [0.1, 0.15) is 0 Å². The van der Waals surface area contributed by atoms with Gasteiger partial charge in [-0.1, -0.05) is 44.2 Å². The van der Waals surface area contributed by atoms with Gasteiger partial charge in [-0.05, 0) is 67.6 Å². The van der Waals surface area contributed by atoms with E-state index in [2.05, 4.69) is 43.0 Å². The topological polar surface area (TPSA) is 43.7 Å². The second-order valence-electron chi connectivity index (χ2n) is 7.13. The summed E-state index contributed by atoms with van der Waals surface area (Å²) in [6, 6.07) is 14.5. The summed E-state index contributed by atoms with van der Waals surface area (Å²) < 4.78 is 0. The van der Waals surface area contributed by atoms with Crippen LogP contribution in [0, 0.1) is 0 Å². The third-order valence-electron chi connectivity index (χ3n) is 5.32. The minimum atomic E-state index is -0.0166. The lowest BCUT2D eigenvalue weighted by Crippen LogP contribution is -2.41. The van der Waals surface area contributed by atoms with E-state index >= 15 is 0 Å². The first kappa shape index (κ1) is 17.8. The average molecular weight is 339 g/mol. The Morgan fingerprint density at radius 2 is 1.60 bits per heavy atom. The maximum absolute atomic E-state index is 10.0. The van der Waals surface area contributed by atoms with Gasteiger partial charge in [-0.2, -0.15) is 0 Å². The molecule has 0 amide bonds. The van der Waals surface area contributed by atoms with Crippen LogP contribution >= 0.6 is 0 Å². The van der Waals surface area contributed by atoms with Gasteiger partial charge in [0.15, 0.2) is 11.5 Å². The van der Waals surface area contributed by atoms with Crippen molar-refractivity contribution in [3.05, 3.63) is 59.2 Å². The van der Waals surface area contributed by atoms with Gasteiger partial charge in [0.25, 0.3) is 0 Å². The predicted molar refractivity (Wildman–Crippen MR) is 102 cm³/mol. The van der Waals surface area contributed by atoms with E-state index in [4.69, 9.17) is 0 Å². The van der Waals surface area contributed by atoms with Crippen LogP contribution in [0.3, 0.4) is 0 Å². The lowest BCUT2D eigenvalue weighted by molar-refractivity contribution is 0.174. The molecule has 0 saturated heterocycles. The van der Waals surface area contributed by atoms with Crippen LogP contribution < -0.4 is 0 Å². The largest absolute Gasteiger partial charge is 0.504 e. The van der Waals surface area contributed by atoms with Gasteiger partial charge >= 0.3 is 0 Å². The van der Waals surface area contributed by atoms with Crippen molar-refractivity contribution in [2.45, 2.75) is 51.5 Å². The van der Waals surface area contributed by atoms with E-state index in [9.17, 15) is 10.2 Å². The van der Waals surface area contributed by atoms with Crippen molar-refractivity contribution in [3.63, 3.8) is 0 Å². The molecule has 0 unspecified atom stereocenters. The number of aromatic hydroxyl groups is 2. The molecule has 134 valence electrons. The molecular weight excluding hydrogens is 310 g/mol. The fourth-order valence-corrected chi connectivity index (χ4v) is 4.20. The number of benzene rings is 2. The van der Waals surface area contributed by atoms with Crippen LogP contribution in [0.5, 0.6) is 11.5 Å². The molecule has 0 bridgehead atoms. The maximum atomic E-state index is 10.0. The molecule has 25 heavy (non-hydrogen) atoms. The van der Waals surface area contributed by atoms with E-state index < -0.39 is 0 Å². The summed E-state index contributed by atoms with van der Waals surface area (Å²) in [5, 5.41) is 20.0. The van der Waals surface area contributed by atoms with Crippen molar-refractivity contribution in [2.24, 2.45) is 0 Å². The number of nitrogens with zero attached hydrogens (tertiary/aromatic N) is 1. The van der Waals surface area contributed by atoms with Gasteiger partial charge < -0.3 is 15.1 Å². The van der Waals surface area contributed by atoms with Gasteiger partial charge in [-0.25, -0.2) is 0 Å². The zero-order chi connectivity index (χ0) is 17.8. The summed E-state index contributed by atoms with van der Waals surface area (Å²) in [7, 11) is 0. The van der Waals surface area contributed by atoms with Crippen LogP contribution in [0.1, 0.15) is 55.7 Å². The molecule has 0 heterocycles. The van der Waals surface area contributed by atoms with Crippen LogP contribution in [0.2, 0.25) is 0 Å². The highest BCUT2D eigenvalue weighted by Gasteiger charge is 2.31. The first-order valence-corrected chi connectivity index (χ1v) is 9.47. The molecule has 2 aromatic carbocycles. The number of phenols is 2. The number of rotatable bonds is 6. The number of fused-ring (bicyclic) bond motifs is 1. The quantitative estimate of drug-likeness (QED) is 0.752. The van der Waals surface area contributed by atoms with E-state index in [0.717, 1.165) is 49.9 Å². The third-order valence-corrected chi connectivity index (χ3v) is 5.32. The highest BCUT2D eigenvalue weighted by Crippen LogP contribution is 2.42. The highest BCUT2D eigenvalue weighted by molar-refractivity contribution is 5.51. The Bertz CT molecular complexity index is 693. The summed E-state index contributed by atoms with van der Waals surface area (Å²) in [6.45, 7) is 6.69. The van der Waals surface area contributed by atoms with Crippen LogP contribution in [-0.2, 0) is 6.42 Å². The van der Waals surface area contributed by atoms with Gasteiger partial charge in [-0.3, -0.25) is 0 Å². The summed E-state index contributed by atoms with van der Waals surface area (Å²) in [6.07, 6.45) is 4.30. The van der Waals surface area contributed by atoms with Crippen LogP contribution in [0.15, 0.2) is 42.5 Å². The SMILES string of the molecule is CCCN(CCC)[C@H]1Cc2cc(O)c(O)cc2[C@H](c2ccccc2)C1. The first-order valence-electron chi connectivity index (χ1n) is 9.47. The van der Waals surface area contributed by atoms with Crippen molar-refractivity contribution >= 4 is 0 Å². The molecule has 0 aliphatic heterocycles. The first-order chi connectivity index (χ1) is 12.1. The average Bonchev–Trinajstić information content (AvgIpc) is 2.62. The second kappa shape index (κ2) is 7.92. The molecule has 2 aromatic rings. The van der Waals surface area contributed by atoms with Crippen molar-refractivity contribution < 1.29 is 10.2 Å². The van der Waals surface area contributed by atoms with Crippen molar-refractivity contribution in [1.29, 1.82) is 0 Å². The Hall–Kier alpha value is -2.00. The second-order valence-corrected chi connectivity index (χ2v) is 7.13. The molecule has 0 radical (unpaired) electrons. The normalized spacial score (nSPS) is 19.8. The Morgan fingerprint density at radius 3 is 2.24 bits per heavy atom. The molecule has 1 aliphatic carbocycles. The van der Waals surface area contributed by atoms with Crippen LogP contribution in [0.4, 0.5) is 0 Å². The predicted octanol–water partition coefficient (Wildman–Crippen LogP) is 4.67. The Labute approximate surface area is 150 Å². The lowest BCUT2D eigenvalue weighted by atomic mass is 9.76. The number of hydrogen-bond donors (Lipinski definition) is 2. The fraction of sp³-hybridized carbons (Fsp3) is 0.455. The molecular formula is C22H29NO2. The molecule has 3 nitrogen and oxygen atoms in total. The van der Waals surface area contributed by atoms with E-state index in [1.807, 2.05) is 6.07 Å². The van der Waals surface area contributed by atoms with Crippen LogP contribution in [0.25, 0.3) is 0 Å². The fourth-order valence-electron chi connectivity index (χ4n) is 4.20.